The van der Waals surface area contributed by atoms with Crippen LogP contribution in [0.1, 0.15) is 38.2 Å². The van der Waals surface area contributed by atoms with Crippen molar-refractivity contribution in [2.75, 3.05) is 0 Å². The minimum Gasteiger partial charge on any atom is -0.443 e. The van der Waals surface area contributed by atoms with E-state index in [1.807, 2.05) is 0 Å². The number of carbonyl (C=O) groups excluding carboxylic acids is 1. The summed E-state index contributed by atoms with van der Waals surface area (Å²) in [7, 11) is 1.29. The summed E-state index contributed by atoms with van der Waals surface area (Å²) in [6.07, 6.45) is 0. The van der Waals surface area contributed by atoms with Gasteiger partial charge in [0.25, 0.3) is 15.0 Å². The minimum atomic E-state index is -3.95. The first-order valence-electron chi connectivity index (χ1n) is 5.94. The maximum absolute atomic E-state index is 12.1. The molecule has 0 radical (unpaired) electrons. The fraction of sp³-hybridized carbons (Fsp3) is 0.583. The van der Waals surface area contributed by atoms with Gasteiger partial charge in [0.15, 0.2) is 10.4 Å². The predicted octanol–water partition coefficient (Wildman–Crippen LogP) is 3.13. The molecule has 0 saturated heterocycles. The predicted molar refractivity (Wildman–Crippen MR) is 78.3 cm³/mol. The number of halogens is 2. The normalized spacial score (nSPS) is 20.7. The molecule has 8 heteroatoms. The van der Waals surface area contributed by atoms with Gasteiger partial charge in [-0.25, -0.2) is 8.42 Å². The van der Waals surface area contributed by atoms with Crippen LogP contribution in [-0.2, 0) is 9.05 Å². The number of amides is 1. The topological polar surface area (TPSA) is 76.4 Å². The fourth-order valence-corrected chi connectivity index (χ4v) is 4.42. The molecule has 0 atom stereocenters. The molecule has 0 spiro atoms. The van der Waals surface area contributed by atoms with Gasteiger partial charge in [0.1, 0.15) is 4.90 Å². The number of nitrogens with one attached hydrogen (secondary N) is 1. The molecule has 0 unspecified atom stereocenters. The van der Waals surface area contributed by atoms with Crippen molar-refractivity contribution in [3.8, 4) is 0 Å². The van der Waals surface area contributed by atoms with Crippen LogP contribution >= 0.6 is 26.6 Å². The van der Waals surface area contributed by atoms with E-state index in [4.69, 9.17) is 15.1 Å². The van der Waals surface area contributed by atoms with Crippen LogP contribution in [0.2, 0.25) is 0 Å². The summed E-state index contributed by atoms with van der Waals surface area (Å²) in [5.41, 5.74) is -0.0399. The van der Waals surface area contributed by atoms with Gasteiger partial charge in [0.2, 0.25) is 0 Å². The number of rotatable bonds is 3. The molecule has 1 saturated carbocycles. The lowest BCUT2D eigenvalue weighted by molar-refractivity contribution is 0.0914. The van der Waals surface area contributed by atoms with Gasteiger partial charge in [-0.2, -0.15) is 0 Å². The van der Waals surface area contributed by atoms with Crippen molar-refractivity contribution >= 4 is 41.6 Å². The van der Waals surface area contributed by atoms with Crippen LogP contribution in [0.3, 0.4) is 0 Å². The first kappa shape index (κ1) is 15.9. The first-order chi connectivity index (χ1) is 8.89. The molecule has 1 aliphatic carbocycles. The molecule has 1 aliphatic rings. The van der Waals surface area contributed by atoms with Crippen molar-refractivity contribution in [1.82, 2.24) is 5.32 Å². The van der Waals surface area contributed by atoms with Gasteiger partial charge in [0, 0.05) is 22.8 Å². The summed E-state index contributed by atoms with van der Waals surface area (Å²) in [5, 5.41) is 2.85. The van der Waals surface area contributed by atoms with Crippen LogP contribution in [0.5, 0.6) is 0 Å². The van der Waals surface area contributed by atoms with Gasteiger partial charge >= 0.3 is 0 Å². The van der Waals surface area contributed by atoms with Crippen molar-refractivity contribution < 1.29 is 17.6 Å². The Balaban J connectivity index is 2.21. The zero-order chi connectivity index (χ0) is 15.5. The van der Waals surface area contributed by atoms with Crippen molar-refractivity contribution in [2.45, 2.75) is 38.6 Å². The largest absolute Gasteiger partial charge is 0.443 e. The Morgan fingerprint density at radius 2 is 1.85 bits per heavy atom. The van der Waals surface area contributed by atoms with E-state index in [1.54, 1.807) is 0 Å². The molecule has 20 heavy (non-hydrogen) atoms. The molecule has 1 fully saturated rings. The molecule has 2 rings (SSSR count). The van der Waals surface area contributed by atoms with Crippen molar-refractivity contribution in [2.24, 2.45) is 10.8 Å². The summed E-state index contributed by atoms with van der Waals surface area (Å²) in [6, 6.07) is 1.12. The summed E-state index contributed by atoms with van der Waals surface area (Å²) in [5.74, 6) is -0.546. The molecular formula is C12H15BrClNO4S. The van der Waals surface area contributed by atoms with E-state index in [0.29, 0.717) is 0 Å². The summed E-state index contributed by atoms with van der Waals surface area (Å²) in [4.78, 5) is 11.8. The molecule has 1 heterocycles. The van der Waals surface area contributed by atoms with E-state index in [1.165, 1.54) is 0 Å². The van der Waals surface area contributed by atoms with Gasteiger partial charge in [-0.1, -0.05) is 27.7 Å². The SMILES string of the molecule is CC1(C)C(NC(=O)c2cc(S(=O)(=O)Cl)c(Br)o2)C1(C)C. The molecule has 0 aliphatic heterocycles. The Hall–Kier alpha value is -0.530. The third-order valence-corrected chi connectivity index (χ3v) is 6.62. The van der Waals surface area contributed by atoms with E-state index in [-0.39, 0.29) is 32.2 Å². The molecule has 1 aromatic heterocycles. The van der Waals surface area contributed by atoms with Gasteiger partial charge < -0.3 is 9.73 Å². The van der Waals surface area contributed by atoms with E-state index in [2.05, 4.69) is 48.9 Å². The highest BCUT2D eigenvalue weighted by molar-refractivity contribution is 9.10. The average Bonchev–Trinajstić information content (AvgIpc) is 2.64. The third-order valence-electron chi connectivity index (χ3n) is 4.44. The number of hydrogen-bond donors (Lipinski definition) is 1. The average molecular weight is 385 g/mol. The van der Waals surface area contributed by atoms with Crippen LogP contribution in [0.25, 0.3) is 0 Å². The second-order valence-electron chi connectivity index (χ2n) is 6.04. The smallest absolute Gasteiger partial charge is 0.287 e. The fourth-order valence-electron chi connectivity index (χ4n) is 2.39. The van der Waals surface area contributed by atoms with Crippen LogP contribution in [0.15, 0.2) is 20.0 Å². The third kappa shape index (κ3) is 2.40. The lowest BCUT2D eigenvalue weighted by atomic mass is 10.0. The van der Waals surface area contributed by atoms with Crippen molar-refractivity contribution in [1.29, 1.82) is 0 Å². The lowest BCUT2D eigenvalue weighted by Gasteiger charge is -2.04. The van der Waals surface area contributed by atoms with E-state index in [0.717, 1.165) is 6.07 Å². The van der Waals surface area contributed by atoms with Crippen LogP contribution < -0.4 is 5.32 Å². The minimum absolute atomic E-state index is 0.00225. The number of furan rings is 1. The maximum Gasteiger partial charge on any atom is 0.287 e. The van der Waals surface area contributed by atoms with Gasteiger partial charge in [0.05, 0.1) is 0 Å². The highest BCUT2D eigenvalue weighted by Crippen LogP contribution is 2.62. The molecule has 1 amide bonds. The van der Waals surface area contributed by atoms with Gasteiger partial charge in [-0.15, -0.1) is 0 Å². The molecule has 0 bridgehead atoms. The monoisotopic (exact) mass is 383 g/mol. The highest BCUT2D eigenvalue weighted by atomic mass is 79.9. The summed E-state index contributed by atoms with van der Waals surface area (Å²) >= 11 is 2.94. The molecule has 1 N–H and O–H groups in total. The van der Waals surface area contributed by atoms with E-state index >= 15 is 0 Å². The quantitative estimate of drug-likeness (QED) is 0.812. The van der Waals surface area contributed by atoms with E-state index < -0.39 is 15.0 Å². The summed E-state index contributed by atoms with van der Waals surface area (Å²) < 4.78 is 27.6. The Kier molecular flexibility index (Phi) is 3.55. The summed E-state index contributed by atoms with van der Waals surface area (Å²) in [6.45, 7) is 8.24. The molecular weight excluding hydrogens is 370 g/mol. The van der Waals surface area contributed by atoms with Crippen molar-refractivity contribution in [3.05, 3.63) is 16.5 Å². The zero-order valence-corrected chi connectivity index (χ0v) is 14.6. The lowest BCUT2D eigenvalue weighted by Crippen LogP contribution is -2.29. The molecule has 1 aromatic rings. The van der Waals surface area contributed by atoms with Crippen LogP contribution in [0, 0.1) is 10.8 Å². The molecule has 112 valence electrons. The van der Waals surface area contributed by atoms with Crippen LogP contribution in [0.4, 0.5) is 0 Å². The zero-order valence-electron chi connectivity index (χ0n) is 11.5. The van der Waals surface area contributed by atoms with Crippen LogP contribution in [-0.4, -0.2) is 20.4 Å². The van der Waals surface area contributed by atoms with Gasteiger partial charge in [-0.3, -0.25) is 4.79 Å². The standard InChI is InChI=1S/C12H15BrClNO4S/c1-11(2)10(12(11,3)4)15-9(16)6-5-7(8(13)19-6)20(14,17)18/h5,10H,1-4H3,(H,15,16). The first-order valence-corrected chi connectivity index (χ1v) is 9.04. The Labute approximate surface area is 130 Å². The number of carbonyl (C=O) groups is 1. The Bertz CT molecular complexity index is 664. The van der Waals surface area contributed by atoms with Crippen molar-refractivity contribution in [3.63, 3.8) is 0 Å². The maximum atomic E-state index is 12.1. The second kappa shape index (κ2) is 4.48. The Morgan fingerprint density at radius 1 is 1.35 bits per heavy atom. The highest BCUT2D eigenvalue weighted by Gasteiger charge is 2.65. The number of hydrogen-bond acceptors (Lipinski definition) is 4. The second-order valence-corrected chi connectivity index (χ2v) is 9.29. The van der Waals surface area contributed by atoms with E-state index in [9.17, 15) is 13.2 Å². The molecule has 0 aromatic carbocycles. The van der Waals surface area contributed by atoms with Gasteiger partial charge in [-0.05, 0) is 26.8 Å². The Morgan fingerprint density at radius 3 is 2.20 bits per heavy atom. The molecule has 5 nitrogen and oxygen atoms in total.